The number of ether oxygens (including phenoxy) is 2. The van der Waals surface area contributed by atoms with Crippen LogP contribution in [0.2, 0.25) is 0 Å². The average Bonchev–Trinajstić information content (AvgIpc) is 3.26. The van der Waals surface area contributed by atoms with Gasteiger partial charge in [0.2, 0.25) is 0 Å². The molecule has 17 nitrogen and oxygen atoms in total. The predicted molar refractivity (Wildman–Crippen MR) is 101 cm³/mol. The Morgan fingerprint density at radius 2 is 1.97 bits per heavy atom. The van der Waals surface area contributed by atoms with Crippen LogP contribution in [-0.2, 0) is 36.3 Å². The van der Waals surface area contributed by atoms with Gasteiger partial charge in [0.05, 0.1) is 25.6 Å². The van der Waals surface area contributed by atoms with Gasteiger partial charge in [0.25, 0.3) is 23.5 Å². The van der Waals surface area contributed by atoms with Crippen LogP contribution in [0, 0.1) is 0 Å². The van der Waals surface area contributed by atoms with Crippen LogP contribution in [0.15, 0.2) is 25.3 Å². The lowest BCUT2D eigenvalue weighted by atomic mass is 10.2. The molecule has 0 aliphatic carbocycles. The van der Waals surface area contributed by atoms with Crippen LogP contribution in [0.4, 0.5) is 5.82 Å². The molecular weight excluding hydrogens is 511 g/mol. The minimum absolute atomic E-state index is 0.0709. The number of hydrogen-bond acceptors (Lipinski definition) is 15. The number of phosphoric ester groups is 1. The van der Waals surface area contributed by atoms with Gasteiger partial charge in [0.15, 0.2) is 11.5 Å². The molecule has 3 N–H and O–H groups in total. The van der Waals surface area contributed by atoms with Crippen LogP contribution in [0.25, 0.3) is 11.2 Å². The van der Waals surface area contributed by atoms with Gasteiger partial charge in [0.1, 0.15) is 24.2 Å². The molecule has 2 aromatic heterocycles. The first-order valence-corrected chi connectivity index (χ1v) is 13.3. The third-order valence-corrected chi connectivity index (χ3v) is 7.80. The highest BCUT2D eigenvalue weighted by molar-refractivity contribution is 7.65. The van der Waals surface area contributed by atoms with E-state index in [4.69, 9.17) is 20.1 Å². The van der Waals surface area contributed by atoms with E-state index in [9.17, 15) is 28.4 Å². The van der Waals surface area contributed by atoms with Crippen LogP contribution >= 0.6 is 23.5 Å². The summed E-state index contributed by atoms with van der Waals surface area (Å²) in [4.78, 5) is 54.1. The Hall–Kier alpha value is -1.58. The molecule has 2 aromatic rings. The Bertz CT molecular complexity index is 1150. The van der Waals surface area contributed by atoms with Gasteiger partial charge in [-0.05, 0) is 0 Å². The highest BCUT2D eigenvalue weighted by Gasteiger charge is 2.39. The normalized spacial score (nSPS) is 26.5. The molecular formula is C13H17N5O12P3-3. The molecule has 3 unspecified atom stereocenters. The molecule has 0 amide bonds. The second-order valence-electron chi connectivity index (χ2n) is 6.43. The summed E-state index contributed by atoms with van der Waals surface area (Å²) in [5, 5.41) is 0. The van der Waals surface area contributed by atoms with Crippen molar-refractivity contribution in [2.24, 2.45) is 0 Å². The molecule has 3 heterocycles. The Labute approximate surface area is 185 Å². The quantitative estimate of drug-likeness (QED) is 0.254. The Kier molecular flexibility index (Phi) is 7.86. The fourth-order valence-corrected chi connectivity index (χ4v) is 5.82. The molecule has 1 saturated heterocycles. The maximum Gasteiger partial charge on any atom is 0.280 e. The number of hydrogen-bond donors (Lipinski definition) is 2. The fraction of sp³-hybridized carbons (Fsp3) is 0.462. The van der Waals surface area contributed by atoms with Crippen molar-refractivity contribution in [3.8, 4) is 0 Å². The number of nitrogen functional groups attached to an aromatic ring is 1. The predicted octanol–water partition coefficient (Wildman–Crippen LogP) is -1.29. The number of nitrogens with two attached hydrogens (primary N) is 1. The molecule has 0 spiro atoms. The molecule has 1 fully saturated rings. The number of imidazole rings is 1. The summed E-state index contributed by atoms with van der Waals surface area (Å²) in [5.74, 6) is 0.135. The summed E-state index contributed by atoms with van der Waals surface area (Å²) in [6.07, 6.45) is 1.65. The largest absolute Gasteiger partial charge is 0.756 e. The van der Waals surface area contributed by atoms with Gasteiger partial charge in [-0.25, -0.2) is 23.6 Å². The standard InChI is InChI=1S/C13H20N5O12P3/c1-2-3-26-8-4-10(18-7-17-11-12(14)15-6-16-13(11)18)28-9(8)5-27-32(22,23)30-33(24,25)29-31(19,20)21/h2,6-10H,1,3-5H2,(H,22,23)(H,24,25)(H2,14,15,16)(H2,19,20,21)/p-3/t8-,9-,10-/m1/s1. The average molecular weight is 528 g/mol. The summed E-state index contributed by atoms with van der Waals surface area (Å²) in [5.41, 5.74) is 6.41. The first-order chi connectivity index (χ1) is 15.3. The lowest BCUT2D eigenvalue weighted by Gasteiger charge is -2.33. The van der Waals surface area contributed by atoms with Crippen molar-refractivity contribution in [1.82, 2.24) is 19.5 Å². The first kappa shape index (κ1) is 26.0. The van der Waals surface area contributed by atoms with E-state index < -0.39 is 48.5 Å². The maximum atomic E-state index is 11.8. The third-order valence-electron chi connectivity index (χ3n) is 4.11. The van der Waals surface area contributed by atoms with Gasteiger partial charge >= 0.3 is 0 Å². The number of anilines is 1. The Morgan fingerprint density at radius 3 is 2.64 bits per heavy atom. The number of aromatic nitrogens is 4. The van der Waals surface area contributed by atoms with Crippen LogP contribution in [0.3, 0.4) is 0 Å². The summed E-state index contributed by atoms with van der Waals surface area (Å²) in [6, 6.07) is 0. The molecule has 20 heteroatoms. The molecule has 3 rings (SSSR count). The van der Waals surface area contributed by atoms with E-state index in [0.29, 0.717) is 11.2 Å². The van der Waals surface area contributed by atoms with Crippen LogP contribution < -0.4 is 20.4 Å². The van der Waals surface area contributed by atoms with E-state index in [2.05, 4.69) is 34.7 Å². The van der Waals surface area contributed by atoms with Crippen molar-refractivity contribution >= 4 is 40.4 Å². The molecule has 0 radical (unpaired) electrons. The minimum Gasteiger partial charge on any atom is -0.756 e. The lowest BCUT2D eigenvalue weighted by Crippen LogP contribution is -2.30. The van der Waals surface area contributed by atoms with Crippen molar-refractivity contribution in [2.45, 2.75) is 24.9 Å². The van der Waals surface area contributed by atoms with Gasteiger partial charge in [-0.2, -0.15) is 0 Å². The Morgan fingerprint density at radius 1 is 1.24 bits per heavy atom. The molecule has 33 heavy (non-hydrogen) atoms. The van der Waals surface area contributed by atoms with Crippen LogP contribution in [-0.4, -0.2) is 49.8 Å². The zero-order chi connectivity index (χ0) is 24.4. The molecule has 0 saturated carbocycles. The van der Waals surface area contributed by atoms with Crippen molar-refractivity contribution in [2.75, 3.05) is 18.9 Å². The highest BCUT2D eigenvalue weighted by atomic mass is 31.3. The first-order valence-electron chi connectivity index (χ1n) is 8.84. The van der Waals surface area contributed by atoms with Gasteiger partial charge in [-0.1, -0.05) is 6.08 Å². The molecule has 1 aliphatic heterocycles. The molecule has 0 aromatic carbocycles. The zero-order valence-corrected chi connectivity index (χ0v) is 19.1. The van der Waals surface area contributed by atoms with E-state index in [1.807, 2.05) is 0 Å². The fourth-order valence-electron chi connectivity index (χ4n) is 2.92. The summed E-state index contributed by atoms with van der Waals surface area (Å²) < 4.78 is 57.8. The van der Waals surface area contributed by atoms with Gasteiger partial charge < -0.3 is 39.3 Å². The molecule has 1 aliphatic rings. The Balaban J connectivity index is 1.72. The van der Waals surface area contributed by atoms with E-state index in [-0.39, 0.29) is 18.8 Å². The summed E-state index contributed by atoms with van der Waals surface area (Å²) in [7, 11) is -17.5. The minimum atomic E-state index is -6.01. The highest BCUT2D eigenvalue weighted by Crippen LogP contribution is 2.61. The lowest BCUT2D eigenvalue weighted by molar-refractivity contribution is -0.250. The van der Waals surface area contributed by atoms with E-state index >= 15 is 0 Å². The monoisotopic (exact) mass is 528 g/mol. The number of fused-ring (bicyclic) bond motifs is 1. The van der Waals surface area contributed by atoms with E-state index in [1.54, 1.807) is 0 Å². The van der Waals surface area contributed by atoms with Gasteiger partial charge in [-0.15, -0.1) is 6.58 Å². The SMILES string of the molecule is C=CCO[C@@H]1C[C@H](n2cnc3c(N)ncnc32)O[C@@H]1COP(=O)([O-])OP(=O)([O-])OP(=O)([O-])O. The van der Waals surface area contributed by atoms with Crippen molar-refractivity contribution in [3.05, 3.63) is 25.3 Å². The van der Waals surface area contributed by atoms with Crippen LogP contribution in [0.1, 0.15) is 12.6 Å². The molecule has 6 atom stereocenters. The van der Waals surface area contributed by atoms with Crippen molar-refractivity contribution in [3.63, 3.8) is 0 Å². The number of phosphoric acid groups is 3. The van der Waals surface area contributed by atoms with E-state index in [1.165, 1.54) is 23.3 Å². The summed E-state index contributed by atoms with van der Waals surface area (Å²) >= 11 is 0. The molecule has 0 bridgehead atoms. The van der Waals surface area contributed by atoms with Crippen molar-refractivity contribution < 1.29 is 55.9 Å². The second-order valence-corrected chi connectivity index (χ2v) is 10.7. The van der Waals surface area contributed by atoms with Gasteiger partial charge in [-0.3, -0.25) is 18.3 Å². The smallest absolute Gasteiger partial charge is 0.280 e. The zero-order valence-electron chi connectivity index (χ0n) is 16.4. The number of rotatable bonds is 11. The second kappa shape index (κ2) is 9.96. The van der Waals surface area contributed by atoms with Gasteiger partial charge in [0, 0.05) is 6.42 Å². The maximum absolute atomic E-state index is 11.8. The van der Waals surface area contributed by atoms with E-state index in [0.717, 1.165) is 0 Å². The van der Waals surface area contributed by atoms with Crippen LogP contribution in [0.5, 0.6) is 0 Å². The molecule has 184 valence electrons. The topological polar surface area (TPSA) is 256 Å². The summed E-state index contributed by atoms with van der Waals surface area (Å²) in [6.45, 7) is 2.80. The third kappa shape index (κ3) is 6.96. The van der Waals surface area contributed by atoms with Crippen molar-refractivity contribution in [1.29, 1.82) is 0 Å². The number of nitrogens with zero attached hydrogens (tertiary/aromatic N) is 4.